The number of aromatic nitrogens is 2. The molecule has 1 heterocycles. The fraction of sp³-hybridized carbons (Fsp3) is 0.357. The number of rotatable bonds is 6. The number of hydrogen-bond acceptors (Lipinski definition) is 3. The molecule has 4 nitrogen and oxygen atoms in total. The molecule has 0 fully saturated rings. The third-order valence-corrected chi connectivity index (χ3v) is 2.97. The Morgan fingerprint density at radius 3 is 2.68 bits per heavy atom. The second-order valence-corrected chi connectivity index (χ2v) is 4.32. The highest BCUT2D eigenvalue weighted by Gasteiger charge is 2.10. The van der Waals surface area contributed by atoms with Gasteiger partial charge in [0.25, 0.3) is 0 Å². The van der Waals surface area contributed by atoms with Gasteiger partial charge in [-0.1, -0.05) is 6.92 Å². The second-order valence-electron chi connectivity index (χ2n) is 4.32. The first-order chi connectivity index (χ1) is 9.26. The van der Waals surface area contributed by atoms with Crippen molar-refractivity contribution in [2.45, 2.75) is 19.8 Å². The van der Waals surface area contributed by atoms with Crippen LogP contribution in [0.15, 0.2) is 30.5 Å². The van der Waals surface area contributed by atoms with E-state index in [2.05, 4.69) is 17.3 Å². The van der Waals surface area contributed by atoms with Gasteiger partial charge in [-0.15, -0.1) is 0 Å². The largest absolute Gasteiger partial charge is 0.382 e. The third kappa shape index (κ3) is 3.12. The zero-order valence-electron chi connectivity index (χ0n) is 11.1. The number of nitrogens with one attached hydrogen (secondary N) is 1. The molecule has 19 heavy (non-hydrogen) atoms. The zero-order valence-corrected chi connectivity index (χ0v) is 11.1. The molecular formula is C14H19FN4. The molecule has 1 aromatic carbocycles. The second kappa shape index (κ2) is 6.33. The van der Waals surface area contributed by atoms with Crippen LogP contribution in [-0.2, 0) is 6.42 Å². The number of halogens is 1. The molecule has 0 saturated heterocycles. The third-order valence-electron chi connectivity index (χ3n) is 2.97. The first-order valence-electron chi connectivity index (χ1n) is 6.53. The maximum atomic E-state index is 12.9. The standard InChI is InChI=1S/C14H19FN4/c1-2-14-13(17-9-3-8-16)10-18-19(14)12-6-4-11(15)5-7-12/h4-7,10,17H,2-3,8-9,16H2,1H3. The van der Waals surface area contributed by atoms with Crippen LogP contribution < -0.4 is 11.1 Å². The van der Waals surface area contributed by atoms with Crippen molar-refractivity contribution in [1.82, 2.24) is 9.78 Å². The lowest BCUT2D eigenvalue weighted by atomic mass is 10.2. The smallest absolute Gasteiger partial charge is 0.123 e. The van der Waals surface area contributed by atoms with E-state index in [1.54, 1.807) is 18.3 Å². The number of hydrogen-bond donors (Lipinski definition) is 2. The van der Waals surface area contributed by atoms with E-state index in [0.717, 1.165) is 36.5 Å². The summed E-state index contributed by atoms with van der Waals surface area (Å²) >= 11 is 0. The van der Waals surface area contributed by atoms with Crippen molar-refractivity contribution in [2.24, 2.45) is 5.73 Å². The van der Waals surface area contributed by atoms with Crippen LogP contribution in [0.3, 0.4) is 0 Å². The Morgan fingerprint density at radius 2 is 2.05 bits per heavy atom. The number of nitrogens with two attached hydrogens (primary N) is 1. The van der Waals surface area contributed by atoms with Crippen LogP contribution in [0.25, 0.3) is 5.69 Å². The maximum absolute atomic E-state index is 12.9. The summed E-state index contributed by atoms with van der Waals surface area (Å²) in [5.41, 5.74) is 8.44. The van der Waals surface area contributed by atoms with E-state index < -0.39 is 0 Å². The lowest BCUT2D eigenvalue weighted by molar-refractivity contribution is 0.626. The first kappa shape index (κ1) is 13.5. The normalized spacial score (nSPS) is 10.7. The van der Waals surface area contributed by atoms with Gasteiger partial charge in [0.15, 0.2) is 0 Å². The molecule has 0 spiro atoms. The van der Waals surface area contributed by atoms with Gasteiger partial charge in [-0.05, 0) is 43.7 Å². The lowest BCUT2D eigenvalue weighted by Crippen LogP contribution is -2.10. The van der Waals surface area contributed by atoms with Gasteiger partial charge >= 0.3 is 0 Å². The SMILES string of the molecule is CCc1c(NCCCN)cnn1-c1ccc(F)cc1. The monoisotopic (exact) mass is 262 g/mol. The number of anilines is 1. The van der Waals surface area contributed by atoms with Gasteiger partial charge in [0, 0.05) is 6.54 Å². The highest BCUT2D eigenvalue weighted by Crippen LogP contribution is 2.20. The van der Waals surface area contributed by atoms with Gasteiger partial charge in [0.2, 0.25) is 0 Å². The summed E-state index contributed by atoms with van der Waals surface area (Å²) in [6.07, 6.45) is 3.58. The summed E-state index contributed by atoms with van der Waals surface area (Å²) in [7, 11) is 0. The maximum Gasteiger partial charge on any atom is 0.123 e. The molecule has 5 heteroatoms. The Morgan fingerprint density at radius 1 is 1.32 bits per heavy atom. The van der Waals surface area contributed by atoms with Crippen molar-refractivity contribution in [2.75, 3.05) is 18.4 Å². The van der Waals surface area contributed by atoms with E-state index >= 15 is 0 Å². The zero-order chi connectivity index (χ0) is 13.7. The van der Waals surface area contributed by atoms with Crippen molar-refractivity contribution in [3.8, 4) is 5.69 Å². The minimum Gasteiger partial charge on any atom is -0.382 e. The topological polar surface area (TPSA) is 55.9 Å². The molecule has 3 N–H and O–H groups in total. The van der Waals surface area contributed by atoms with Crippen LogP contribution in [0, 0.1) is 5.82 Å². The highest BCUT2D eigenvalue weighted by atomic mass is 19.1. The quantitative estimate of drug-likeness (QED) is 0.786. The Bertz CT molecular complexity index is 519. The summed E-state index contributed by atoms with van der Waals surface area (Å²) in [5, 5.41) is 7.70. The minimum absolute atomic E-state index is 0.241. The van der Waals surface area contributed by atoms with Crippen LogP contribution >= 0.6 is 0 Å². The molecule has 2 aromatic rings. The first-order valence-corrected chi connectivity index (χ1v) is 6.53. The van der Waals surface area contributed by atoms with Crippen LogP contribution in [0.1, 0.15) is 19.0 Å². The van der Waals surface area contributed by atoms with Gasteiger partial charge in [-0.25, -0.2) is 9.07 Å². The molecule has 0 aliphatic carbocycles. The molecule has 0 unspecified atom stereocenters. The summed E-state index contributed by atoms with van der Waals surface area (Å²) in [6, 6.07) is 6.34. The van der Waals surface area contributed by atoms with Crippen LogP contribution in [0.2, 0.25) is 0 Å². The Kier molecular flexibility index (Phi) is 4.52. The Balaban J connectivity index is 2.23. The molecule has 0 radical (unpaired) electrons. The fourth-order valence-electron chi connectivity index (χ4n) is 1.99. The molecule has 0 atom stereocenters. The molecular weight excluding hydrogens is 243 g/mol. The van der Waals surface area contributed by atoms with E-state index in [9.17, 15) is 4.39 Å². The Labute approximate surface area is 112 Å². The molecule has 1 aromatic heterocycles. The van der Waals surface area contributed by atoms with E-state index in [-0.39, 0.29) is 5.82 Å². The van der Waals surface area contributed by atoms with Gasteiger partial charge in [-0.3, -0.25) is 0 Å². The van der Waals surface area contributed by atoms with Crippen LogP contribution in [0.4, 0.5) is 10.1 Å². The van der Waals surface area contributed by atoms with E-state index in [1.807, 2.05) is 4.68 Å². The summed E-state index contributed by atoms with van der Waals surface area (Å²) in [5.74, 6) is -0.241. The molecule has 102 valence electrons. The molecule has 0 aliphatic rings. The summed E-state index contributed by atoms with van der Waals surface area (Å²) in [4.78, 5) is 0. The molecule has 0 saturated carbocycles. The lowest BCUT2D eigenvalue weighted by Gasteiger charge is -2.09. The van der Waals surface area contributed by atoms with Gasteiger partial charge in [-0.2, -0.15) is 5.10 Å². The predicted octanol–water partition coefficient (Wildman–Crippen LogP) is 2.33. The fourth-order valence-corrected chi connectivity index (χ4v) is 1.99. The van der Waals surface area contributed by atoms with E-state index in [0.29, 0.717) is 6.54 Å². The Hall–Kier alpha value is -1.88. The van der Waals surface area contributed by atoms with Crippen molar-refractivity contribution in [3.05, 3.63) is 42.0 Å². The van der Waals surface area contributed by atoms with Crippen molar-refractivity contribution in [1.29, 1.82) is 0 Å². The number of benzene rings is 1. The van der Waals surface area contributed by atoms with Crippen molar-refractivity contribution >= 4 is 5.69 Å². The summed E-state index contributed by atoms with van der Waals surface area (Å²) < 4.78 is 14.8. The predicted molar refractivity (Wildman–Crippen MR) is 75.1 cm³/mol. The molecule has 0 amide bonds. The number of nitrogens with zero attached hydrogens (tertiary/aromatic N) is 2. The molecule has 0 bridgehead atoms. The minimum atomic E-state index is -0.241. The van der Waals surface area contributed by atoms with Crippen LogP contribution in [0.5, 0.6) is 0 Å². The molecule has 0 aliphatic heterocycles. The average molecular weight is 262 g/mol. The summed E-state index contributed by atoms with van der Waals surface area (Å²) in [6.45, 7) is 3.57. The molecule has 2 rings (SSSR count). The van der Waals surface area contributed by atoms with Crippen molar-refractivity contribution < 1.29 is 4.39 Å². The van der Waals surface area contributed by atoms with Crippen LogP contribution in [-0.4, -0.2) is 22.9 Å². The highest BCUT2D eigenvalue weighted by molar-refractivity contribution is 5.50. The van der Waals surface area contributed by atoms with Gasteiger partial charge < -0.3 is 11.1 Å². The van der Waals surface area contributed by atoms with E-state index in [4.69, 9.17) is 5.73 Å². The van der Waals surface area contributed by atoms with Gasteiger partial charge in [0.05, 0.1) is 23.3 Å². The average Bonchev–Trinajstić information content (AvgIpc) is 2.83. The van der Waals surface area contributed by atoms with Gasteiger partial charge in [0.1, 0.15) is 5.82 Å². The van der Waals surface area contributed by atoms with Crippen molar-refractivity contribution in [3.63, 3.8) is 0 Å². The van der Waals surface area contributed by atoms with E-state index in [1.165, 1.54) is 12.1 Å².